The van der Waals surface area contributed by atoms with Crippen LogP contribution in [0.3, 0.4) is 0 Å². The normalized spacial score (nSPS) is 12.5. The van der Waals surface area contributed by atoms with Gasteiger partial charge in [-0.3, -0.25) is 0 Å². The lowest BCUT2D eigenvalue weighted by Gasteiger charge is -2.09. The van der Waals surface area contributed by atoms with Crippen molar-refractivity contribution < 1.29 is 15.6 Å². The molecular weight excluding hydrogens is 190 g/mol. The largest absolute Gasteiger partial charge is 0.491 e. The van der Waals surface area contributed by atoms with Crippen molar-refractivity contribution in [3.8, 4) is 5.75 Å². The smallest absolute Gasteiger partial charge is 0.136 e. The highest BCUT2D eigenvalue weighted by atomic mass is 16.5. The molecule has 1 rings (SSSR count). The van der Waals surface area contributed by atoms with Crippen LogP contribution in [0.1, 0.15) is 18.9 Å². The third kappa shape index (κ3) is 4.32. The first-order valence-corrected chi connectivity index (χ1v) is 5.45. The Hall–Kier alpha value is -1.06. The molecule has 0 aromatic heterocycles. The number of aliphatic hydroxyl groups excluding tert-OH is 1. The second kappa shape index (κ2) is 6.43. The van der Waals surface area contributed by atoms with Crippen molar-refractivity contribution in [2.24, 2.45) is 0 Å². The Balaban J connectivity index is 2.42. The van der Waals surface area contributed by atoms with Crippen LogP contribution in [-0.4, -0.2) is 24.4 Å². The zero-order chi connectivity index (χ0) is 11.1. The van der Waals surface area contributed by atoms with Crippen molar-refractivity contribution >= 4 is 0 Å². The summed E-state index contributed by atoms with van der Waals surface area (Å²) in [5, 5.41) is 9.27. The van der Waals surface area contributed by atoms with Gasteiger partial charge >= 0.3 is 0 Å². The predicted octanol–water partition coefficient (Wildman–Crippen LogP) is 0.621. The van der Waals surface area contributed by atoms with E-state index in [-0.39, 0.29) is 0 Å². The van der Waals surface area contributed by atoms with Gasteiger partial charge < -0.3 is 15.6 Å². The summed E-state index contributed by atoms with van der Waals surface area (Å²) in [7, 11) is 0. The molecule has 0 unspecified atom stereocenters. The van der Waals surface area contributed by atoms with E-state index in [1.165, 1.54) is 5.56 Å². The average Bonchev–Trinajstić information content (AvgIpc) is 2.28. The maximum Gasteiger partial charge on any atom is 0.136 e. The highest BCUT2D eigenvalue weighted by Crippen LogP contribution is 2.13. The van der Waals surface area contributed by atoms with Gasteiger partial charge in [0.15, 0.2) is 0 Å². The first-order valence-electron chi connectivity index (χ1n) is 5.45. The molecule has 0 radical (unpaired) electrons. The maximum atomic E-state index is 9.27. The lowest BCUT2D eigenvalue weighted by molar-refractivity contribution is -0.384. The van der Waals surface area contributed by atoms with Crippen LogP contribution in [0.25, 0.3) is 0 Å². The lowest BCUT2D eigenvalue weighted by Crippen LogP contribution is -2.56. The van der Waals surface area contributed by atoms with Gasteiger partial charge in [0.05, 0.1) is 0 Å². The van der Waals surface area contributed by atoms with Crippen LogP contribution < -0.4 is 10.5 Å². The predicted molar refractivity (Wildman–Crippen MR) is 59.7 cm³/mol. The minimum atomic E-state index is -0.472. The number of aryl methyl sites for hydroxylation is 1. The third-order valence-electron chi connectivity index (χ3n) is 2.24. The first-order chi connectivity index (χ1) is 7.26. The minimum Gasteiger partial charge on any atom is -0.491 e. The van der Waals surface area contributed by atoms with Crippen LogP contribution >= 0.6 is 0 Å². The Bertz CT molecular complexity index is 271. The van der Waals surface area contributed by atoms with Gasteiger partial charge in [0, 0.05) is 0 Å². The molecule has 0 aliphatic rings. The molecule has 84 valence electrons. The number of hydrogen-bond acceptors (Lipinski definition) is 2. The van der Waals surface area contributed by atoms with E-state index in [2.05, 4.69) is 24.8 Å². The van der Waals surface area contributed by atoms with Crippen molar-refractivity contribution in [2.75, 3.05) is 13.2 Å². The zero-order valence-corrected chi connectivity index (χ0v) is 9.28. The summed E-state index contributed by atoms with van der Waals surface area (Å²) in [6, 6.07) is 8.02. The van der Waals surface area contributed by atoms with Gasteiger partial charge in [-0.15, -0.1) is 0 Å². The summed E-state index contributed by atoms with van der Waals surface area (Å²) in [5.74, 6) is 0.808. The van der Waals surface area contributed by atoms with E-state index in [0.717, 1.165) is 18.6 Å². The number of rotatable bonds is 6. The van der Waals surface area contributed by atoms with Gasteiger partial charge in [-0.2, -0.15) is 0 Å². The van der Waals surface area contributed by atoms with Crippen LogP contribution in [0.5, 0.6) is 5.75 Å². The Morgan fingerprint density at radius 3 is 2.53 bits per heavy atom. The minimum absolute atomic E-state index is 0.316. The number of ether oxygens (including phenoxy) is 1. The molecule has 3 nitrogen and oxygen atoms in total. The van der Waals surface area contributed by atoms with Crippen LogP contribution in [-0.2, 0) is 6.42 Å². The van der Waals surface area contributed by atoms with Crippen molar-refractivity contribution in [3.63, 3.8) is 0 Å². The SMILES string of the molecule is CCCc1ccc(OC[C@H](O)C[NH3+])cc1. The van der Waals surface area contributed by atoms with Crippen molar-refractivity contribution in [2.45, 2.75) is 25.9 Å². The van der Waals surface area contributed by atoms with Gasteiger partial charge in [-0.25, -0.2) is 0 Å². The molecule has 0 heterocycles. The Labute approximate surface area is 90.9 Å². The summed E-state index contributed by atoms with van der Waals surface area (Å²) in [6.45, 7) is 2.96. The molecule has 0 aliphatic carbocycles. The summed E-state index contributed by atoms with van der Waals surface area (Å²) in [5.41, 5.74) is 4.93. The zero-order valence-electron chi connectivity index (χ0n) is 9.28. The first kappa shape index (κ1) is 12.0. The number of aliphatic hydroxyl groups is 1. The summed E-state index contributed by atoms with van der Waals surface area (Å²) in [4.78, 5) is 0. The molecule has 0 fully saturated rings. The topological polar surface area (TPSA) is 57.1 Å². The van der Waals surface area contributed by atoms with Crippen molar-refractivity contribution in [3.05, 3.63) is 29.8 Å². The van der Waals surface area contributed by atoms with E-state index in [4.69, 9.17) is 4.74 Å². The Morgan fingerprint density at radius 1 is 1.33 bits per heavy atom. The van der Waals surface area contributed by atoms with E-state index in [9.17, 15) is 5.11 Å². The number of quaternary nitrogens is 1. The van der Waals surface area contributed by atoms with Crippen molar-refractivity contribution in [1.82, 2.24) is 0 Å². The molecule has 1 aromatic carbocycles. The van der Waals surface area contributed by atoms with E-state index < -0.39 is 6.10 Å². The second-order valence-electron chi connectivity index (χ2n) is 3.65. The molecule has 0 amide bonds. The molecule has 0 bridgehead atoms. The second-order valence-corrected chi connectivity index (χ2v) is 3.65. The average molecular weight is 210 g/mol. The fourth-order valence-corrected chi connectivity index (χ4v) is 1.32. The summed E-state index contributed by atoms with van der Waals surface area (Å²) in [6.07, 6.45) is 1.78. The Morgan fingerprint density at radius 2 is 2.00 bits per heavy atom. The van der Waals surface area contributed by atoms with Crippen molar-refractivity contribution in [1.29, 1.82) is 0 Å². The molecule has 1 aromatic rings. The quantitative estimate of drug-likeness (QED) is 0.723. The molecule has 1 atom stereocenters. The molecular formula is C12H20NO2+. The lowest BCUT2D eigenvalue weighted by atomic mass is 10.1. The summed E-state index contributed by atoms with van der Waals surface area (Å²) < 4.78 is 5.40. The molecule has 15 heavy (non-hydrogen) atoms. The van der Waals surface area contributed by atoms with E-state index in [1.807, 2.05) is 12.1 Å². The van der Waals surface area contributed by atoms with Gasteiger partial charge in [0.1, 0.15) is 25.0 Å². The summed E-state index contributed by atoms with van der Waals surface area (Å²) >= 11 is 0. The fourth-order valence-electron chi connectivity index (χ4n) is 1.32. The van der Waals surface area contributed by atoms with Crippen LogP contribution in [0, 0.1) is 0 Å². The molecule has 0 aliphatic heterocycles. The fraction of sp³-hybridized carbons (Fsp3) is 0.500. The standard InChI is InChI=1S/C12H19NO2/c1-2-3-10-4-6-12(7-5-10)15-9-11(14)8-13/h4-7,11,14H,2-3,8-9,13H2,1H3/p+1/t11-/m1/s1. The van der Waals surface area contributed by atoms with Gasteiger partial charge in [-0.05, 0) is 24.1 Å². The molecule has 0 spiro atoms. The monoisotopic (exact) mass is 210 g/mol. The van der Waals surface area contributed by atoms with Gasteiger partial charge in [-0.1, -0.05) is 25.5 Å². The van der Waals surface area contributed by atoms with Gasteiger partial charge in [0.25, 0.3) is 0 Å². The van der Waals surface area contributed by atoms with Crippen LogP contribution in [0.15, 0.2) is 24.3 Å². The highest BCUT2D eigenvalue weighted by molar-refractivity contribution is 5.27. The molecule has 4 N–H and O–H groups in total. The Kier molecular flexibility index (Phi) is 5.15. The van der Waals surface area contributed by atoms with E-state index in [0.29, 0.717) is 13.2 Å². The maximum absolute atomic E-state index is 9.27. The van der Waals surface area contributed by atoms with Crippen LogP contribution in [0.4, 0.5) is 0 Å². The molecule has 0 saturated carbocycles. The number of benzene rings is 1. The highest BCUT2D eigenvalue weighted by Gasteiger charge is 2.03. The number of hydrogen-bond donors (Lipinski definition) is 2. The van der Waals surface area contributed by atoms with E-state index >= 15 is 0 Å². The van der Waals surface area contributed by atoms with Gasteiger partial charge in [0.2, 0.25) is 0 Å². The third-order valence-corrected chi connectivity index (χ3v) is 2.24. The molecule has 0 saturated heterocycles. The molecule has 3 heteroatoms. The van der Waals surface area contributed by atoms with E-state index in [1.54, 1.807) is 0 Å². The van der Waals surface area contributed by atoms with Crippen LogP contribution in [0.2, 0.25) is 0 Å².